The van der Waals surface area contributed by atoms with E-state index in [-0.39, 0.29) is 12.5 Å². The molecule has 0 aliphatic rings. The number of rotatable bonds is 6. The van der Waals surface area contributed by atoms with Crippen molar-refractivity contribution in [3.05, 3.63) is 65.2 Å². The van der Waals surface area contributed by atoms with Crippen LogP contribution in [0.15, 0.2) is 54.6 Å². The smallest absolute Gasteiger partial charge is 0.119 e. The van der Waals surface area contributed by atoms with Crippen molar-refractivity contribution in [1.29, 1.82) is 0 Å². The Labute approximate surface area is 118 Å². The minimum atomic E-state index is 0.0115. The molecule has 0 amide bonds. The molecule has 2 aromatic rings. The van der Waals surface area contributed by atoms with Crippen molar-refractivity contribution in [2.45, 2.75) is 12.3 Å². The second-order valence-electron chi connectivity index (χ2n) is 4.35. The average Bonchev–Trinajstić information content (AvgIpc) is 2.46. The average molecular weight is 277 g/mol. The predicted molar refractivity (Wildman–Crippen MR) is 77.8 cm³/mol. The molecule has 1 unspecified atom stereocenters. The summed E-state index contributed by atoms with van der Waals surface area (Å²) < 4.78 is 5.65. The maximum atomic E-state index is 9.49. The Kier molecular flexibility index (Phi) is 5.25. The number of hydrogen-bond donors (Lipinski definition) is 1. The molecule has 2 rings (SSSR count). The van der Waals surface area contributed by atoms with E-state index >= 15 is 0 Å². The van der Waals surface area contributed by atoms with Crippen LogP contribution in [-0.2, 0) is 0 Å². The van der Waals surface area contributed by atoms with Crippen LogP contribution in [0.5, 0.6) is 5.75 Å². The second-order valence-corrected chi connectivity index (χ2v) is 4.76. The van der Waals surface area contributed by atoms with E-state index in [0.29, 0.717) is 11.6 Å². The van der Waals surface area contributed by atoms with Crippen LogP contribution in [0.2, 0.25) is 5.02 Å². The molecule has 0 heterocycles. The molecule has 0 saturated heterocycles. The molecule has 0 spiro atoms. The Morgan fingerprint density at radius 2 is 1.68 bits per heavy atom. The third-order valence-corrected chi connectivity index (χ3v) is 3.39. The number of para-hydroxylation sites is 1. The highest BCUT2D eigenvalue weighted by Crippen LogP contribution is 2.26. The molecule has 0 fully saturated rings. The second kappa shape index (κ2) is 7.17. The van der Waals surface area contributed by atoms with Crippen LogP contribution in [0.3, 0.4) is 0 Å². The maximum Gasteiger partial charge on any atom is 0.119 e. The van der Waals surface area contributed by atoms with Crippen molar-refractivity contribution < 1.29 is 9.84 Å². The molecule has 0 aliphatic heterocycles. The van der Waals surface area contributed by atoms with Gasteiger partial charge in [0.1, 0.15) is 5.75 Å². The lowest BCUT2D eigenvalue weighted by atomic mass is 9.97. The summed E-state index contributed by atoms with van der Waals surface area (Å²) in [5.41, 5.74) is 0.975. The van der Waals surface area contributed by atoms with E-state index < -0.39 is 0 Å². The lowest BCUT2D eigenvalue weighted by Crippen LogP contribution is -2.10. The molecule has 0 saturated carbocycles. The van der Waals surface area contributed by atoms with E-state index in [4.69, 9.17) is 16.3 Å². The van der Waals surface area contributed by atoms with Crippen molar-refractivity contribution in [3.63, 3.8) is 0 Å². The third-order valence-electron chi connectivity index (χ3n) is 3.04. The van der Waals surface area contributed by atoms with E-state index in [1.54, 1.807) is 0 Å². The number of aliphatic hydroxyl groups excluding tert-OH is 1. The summed E-state index contributed by atoms with van der Waals surface area (Å²) in [4.78, 5) is 0. The lowest BCUT2D eigenvalue weighted by Gasteiger charge is -2.16. The number of benzene rings is 2. The molecule has 3 heteroatoms. The summed E-state index contributed by atoms with van der Waals surface area (Å²) in [6, 6.07) is 17.3. The van der Waals surface area contributed by atoms with Crippen molar-refractivity contribution in [2.24, 2.45) is 0 Å². The minimum Gasteiger partial charge on any atom is -0.494 e. The molecule has 0 radical (unpaired) electrons. The maximum absolute atomic E-state index is 9.49. The summed E-state index contributed by atoms with van der Waals surface area (Å²) >= 11 is 6.14. The van der Waals surface area contributed by atoms with Crippen LogP contribution < -0.4 is 4.74 Å². The molecule has 0 aliphatic carbocycles. The Balaban J connectivity index is 1.92. The van der Waals surface area contributed by atoms with Gasteiger partial charge in [-0.25, -0.2) is 0 Å². The van der Waals surface area contributed by atoms with Gasteiger partial charge in [0.05, 0.1) is 13.2 Å². The molecule has 0 aromatic heterocycles. The van der Waals surface area contributed by atoms with Gasteiger partial charge in [0.15, 0.2) is 0 Å². The van der Waals surface area contributed by atoms with Crippen LogP contribution in [0.25, 0.3) is 0 Å². The molecular weight excluding hydrogens is 260 g/mol. The van der Waals surface area contributed by atoms with Crippen LogP contribution >= 0.6 is 11.6 Å². The van der Waals surface area contributed by atoms with Gasteiger partial charge in [-0.15, -0.1) is 0 Å². The Bertz CT molecular complexity index is 499. The van der Waals surface area contributed by atoms with Crippen molar-refractivity contribution in [1.82, 2.24) is 0 Å². The topological polar surface area (TPSA) is 29.5 Å². The highest BCUT2D eigenvalue weighted by molar-refractivity contribution is 6.31. The van der Waals surface area contributed by atoms with E-state index in [9.17, 15) is 5.11 Å². The molecule has 19 heavy (non-hydrogen) atoms. The first-order valence-corrected chi connectivity index (χ1v) is 6.72. The van der Waals surface area contributed by atoms with Crippen LogP contribution in [0.4, 0.5) is 0 Å². The van der Waals surface area contributed by atoms with Gasteiger partial charge in [-0.1, -0.05) is 48.0 Å². The van der Waals surface area contributed by atoms with Gasteiger partial charge in [-0.3, -0.25) is 0 Å². The summed E-state index contributed by atoms with van der Waals surface area (Å²) in [6.07, 6.45) is 0.731. The first-order chi connectivity index (χ1) is 9.31. The van der Waals surface area contributed by atoms with Gasteiger partial charge in [-0.2, -0.15) is 0 Å². The number of halogens is 1. The highest BCUT2D eigenvalue weighted by Gasteiger charge is 2.13. The molecular formula is C16H17ClO2. The van der Waals surface area contributed by atoms with Crippen molar-refractivity contribution >= 4 is 11.6 Å². The number of aliphatic hydroxyl groups is 1. The standard InChI is InChI=1S/C16H17ClO2/c17-16-9-5-4-8-15(16)13(12-18)10-11-19-14-6-2-1-3-7-14/h1-9,13,18H,10-12H2. The van der Waals surface area contributed by atoms with Gasteiger partial charge in [0.2, 0.25) is 0 Å². The normalized spacial score (nSPS) is 12.1. The van der Waals surface area contributed by atoms with E-state index in [2.05, 4.69) is 0 Å². The molecule has 1 N–H and O–H groups in total. The molecule has 100 valence electrons. The van der Waals surface area contributed by atoms with E-state index in [0.717, 1.165) is 17.7 Å². The van der Waals surface area contributed by atoms with Gasteiger partial charge in [-0.05, 0) is 30.2 Å². The van der Waals surface area contributed by atoms with Crippen molar-refractivity contribution in [2.75, 3.05) is 13.2 Å². The lowest BCUT2D eigenvalue weighted by molar-refractivity contribution is 0.229. The summed E-state index contributed by atoms with van der Waals surface area (Å²) in [5, 5.41) is 10.2. The minimum absolute atomic E-state index is 0.0115. The van der Waals surface area contributed by atoms with Gasteiger partial charge < -0.3 is 9.84 Å². The molecule has 0 bridgehead atoms. The zero-order valence-corrected chi connectivity index (χ0v) is 11.4. The monoisotopic (exact) mass is 276 g/mol. The van der Waals surface area contributed by atoms with Gasteiger partial charge in [0, 0.05) is 10.9 Å². The summed E-state index contributed by atoms with van der Waals surface area (Å²) in [7, 11) is 0. The zero-order valence-electron chi connectivity index (χ0n) is 10.6. The predicted octanol–water partition coefficient (Wildman–Crippen LogP) is 3.89. The van der Waals surface area contributed by atoms with Crippen LogP contribution in [-0.4, -0.2) is 18.3 Å². The molecule has 2 aromatic carbocycles. The molecule has 1 atom stereocenters. The third kappa shape index (κ3) is 3.98. The number of hydrogen-bond acceptors (Lipinski definition) is 2. The summed E-state index contributed by atoms with van der Waals surface area (Å²) in [5.74, 6) is 0.857. The van der Waals surface area contributed by atoms with Gasteiger partial charge >= 0.3 is 0 Å². The number of ether oxygens (including phenoxy) is 1. The Morgan fingerprint density at radius 1 is 1.00 bits per heavy atom. The van der Waals surface area contributed by atoms with Gasteiger partial charge in [0.25, 0.3) is 0 Å². The summed E-state index contributed by atoms with van der Waals surface area (Å²) in [6.45, 7) is 0.627. The van der Waals surface area contributed by atoms with E-state index in [1.807, 2.05) is 54.6 Å². The highest BCUT2D eigenvalue weighted by atomic mass is 35.5. The van der Waals surface area contributed by atoms with Crippen LogP contribution in [0.1, 0.15) is 17.9 Å². The Morgan fingerprint density at radius 3 is 2.37 bits per heavy atom. The molecule has 2 nitrogen and oxygen atoms in total. The van der Waals surface area contributed by atoms with E-state index in [1.165, 1.54) is 0 Å². The quantitative estimate of drug-likeness (QED) is 0.867. The first-order valence-electron chi connectivity index (χ1n) is 6.34. The zero-order chi connectivity index (χ0) is 13.5. The first kappa shape index (κ1) is 13.9. The van der Waals surface area contributed by atoms with Crippen LogP contribution in [0, 0.1) is 0 Å². The fourth-order valence-electron chi connectivity index (χ4n) is 1.99. The largest absolute Gasteiger partial charge is 0.494 e. The Hall–Kier alpha value is -1.51. The van der Waals surface area contributed by atoms with Crippen molar-refractivity contribution in [3.8, 4) is 5.75 Å². The fraction of sp³-hybridized carbons (Fsp3) is 0.250. The SMILES string of the molecule is OCC(CCOc1ccccc1)c1ccccc1Cl. The fourth-order valence-corrected chi connectivity index (χ4v) is 2.28.